The molecular formula is C18H22N4O3. The molecule has 2 aromatic rings. The van der Waals surface area contributed by atoms with Crippen molar-refractivity contribution in [2.24, 2.45) is 7.05 Å². The molecule has 0 saturated heterocycles. The molecule has 1 atom stereocenters. The minimum absolute atomic E-state index is 0.0156. The van der Waals surface area contributed by atoms with Crippen LogP contribution in [0, 0.1) is 0 Å². The second kappa shape index (κ2) is 6.58. The number of fused-ring (bicyclic) bond motifs is 1. The van der Waals surface area contributed by atoms with Gasteiger partial charge in [0.05, 0.1) is 11.4 Å². The first-order valence-corrected chi connectivity index (χ1v) is 8.29. The van der Waals surface area contributed by atoms with Gasteiger partial charge in [-0.2, -0.15) is 0 Å². The van der Waals surface area contributed by atoms with E-state index in [1.165, 1.54) is 23.9 Å². The molecule has 1 unspecified atom stereocenters. The summed E-state index contributed by atoms with van der Waals surface area (Å²) in [4.78, 5) is 40.6. The van der Waals surface area contributed by atoms with Gasteiger partial charge in [0.15, 0.2) is 0 Å². The third-order valence-corrected chi connectivity index (χ3v) is 4.71. The normalized spacial score (nSPS) is 17.2. The molecule has 0 spiro atoms. The molecule has 0 bridgehead atoms. The van der Waals surface area contributed by atoms with Gasteiger partial charge in [0.1, 0.15) is 6.54 Å². The van der Waals surface area contributed by atoms with Crippen LogP contribution in [0.25, 0.3) is 0 Å². The molecule has 2 heterocycles. The molecule has 0 N–H and O–H groups in total. The number of benzene rings is 1. The van der Waals surface area contributed by atoms with Crippen LogP contribution in [-0.4, -0.2) is 34.7 Å². The predicted octanol–water partition coefficient (Wildman–Crippen LogP) is 0.809. The second-order valence-corrected chi connectivity index (χ2v) is 6.44. The van der Waals surface area contributed by atoms with Crippen molar-refractivity contribution in [3.63, 3.8) is 0 Å². The highest BCUT2D eigenvalue weighted by Gasteiger charge is 2.28. The van der Waals surface area contributed by atoms with E-state index in [0.29, 0.717) is 0 Å². The summed E-state index contributed by atoms with van der Waals surface area (Å²) in [5, 5.41) is 0. The van der Waals surface area contributed by atoms with E-state index in [1.54, 1.807) is 4.90 Å². The van der Waals surface area contributed by atoms with Gasteiger partial charge in [0, 0.05) is 38.9 Å². The van der Waals surface area contributed by atoms with Gasteiger partial charge in [0.25, 0.3) is 5.56 Å². The van der Waals surface area contributed by atoms with Crippen molar-refractivity contribution >= 4 is 17.3 Å². The molecule has 25 heavy (non-hydrogen) atoms. The smallest absolute Gasteiger partial charge is 0.331 e. The number of rotatable bonds is 2. The summed E-state index contributed by atoms with van der Waals surface area (Å²) >= 11 is 0. The number of anilines is 2. The number of hydrogen-bond donors (Lipinski definition) is 0. The van der Waals surface area contributed by atoms with Gasteiger partial charge in [-0.1, -0.05) is 12.1 Å². The summed E-state index contributed by atoms with van der Waals surface area (Å²) in [7, 11) is 3.42. The molecule has 3 rings (SSSR count). The van der Waals surface area contributed by atoms with E-state index < -0.39 is 5.69 Å². The highest BCUT2D eigenvalue weighted by Crippen LogP contribution is 2.33. The average Bonchev–Trinajstić information content (AvgIpc) is 2.72. The summed E-state index contributed by atoms with van der Waals surface area (Å²) in [5.41, 5.74) is 0.961. The van der Waals surface area contributed by atoms with E-state index in [0.717, 1.165) is 28.9 Å². The number of aromatic nitrogens is 2. The number of nitrogens with zero attached hydrogens (tertiary/aromatic N) is 4. The molecular weight excluding hydrogens is 320 g/mol. The van der Waals surface area contributed by atoms with Crippen molar-refractivity contribution in [3.8, 4) is 0 Å². The van der Waals surface area contributed by atoms with Gasteiger partial charge in [0.2, 0.25) is 5.91 Å². The van der Waals surface area contributed by atoms with Crippen LogP contribution < -0.4 is 21.0 Å². The average molecular weight is 342 g/mol. The Kier molecular flexibility index (Phi) is 4.48. The third-order valence-electron chi connectivity index (χ3n) is 4.71. The Morgan fingerprint density at radius 2 is 1.80 bits per heavy atom. The largest absolute Gasteiger partial charge is 0.373 e. The first kappa shape index (κ1) is 17.0. The maximum absolute atomic E-state index is 13.0. The topological polar surface area (TPSA) is 67.5 Å². The Hall–Kier alpha value is -2.83. The molecule has 7 nitrogen and oxygen atoms in total. The van der Waals surface area contributed by atoms with E-state index in [2.05, 4.69) is 4.90 Å². The monoisotopic (exact) mass is 342 g/mol. The highest BCUT2D eigenvalue weighted by molar-refractivity contribution is 5.97. The van der Waals surface area contributed by atoms with Gasteiger partial charge in [-0.3, -0.25) is 18.7 Å². The minimum Gasteiger partial charge on any atom is -0.373 e. The standard InChI is InChI=1S/C18H22N4O3/c1-13-8-10-19(2)14-6-4-5-7-15(14)22(13)17(24)12-21-11-9-16(23)20(3)18(21)25/h4-7,9,11,13H,8,10,12H2,1-3H3. The summed E-state index contributed by atoms with van der Waals surface area (Å²) < 4.78 is 2.27. The number of amides is 1. The SMILES string of the molecule is CC1CCN(C)c2ccccc2N1C(=O)Cn1ccc(=O)n(C)c1=O. The Morgan fingerprint density at radius 3 is 2.52 bits per heavy atom. The summed E-state index contributed by atoms with van der Waals surface area (Å²) in [5.74, 6) is -0.170. The Morgan fingerprint density at radius 1 is 1.12 bits per heavy atom. The fraction of sp³-hybridized carbons (Fsp3) is 0.389. The molecule has 1 amide bonds. The fourth-order valence-electron chi connectivity index (χ4n) is 3.20. The van der Waals surface area contributed by atoms with E-state index in [9.17, 15) is 14.4 Å². The van der Waals surface area contributed by atoms with E-state index in [-0.39, 0.29) is 24.1 Å². The van der Waals surface area contributed by atoms with Crippen LogP contribution in [0.1, 0.15) is 13.3 Å². The van der Waals surface area contributed by atoms with Crippen molar-refractivity contribution in [1.82, 2.24) is 9.13 Å². The third kappa shape index (κ3) is 3.09. The quantitative estimate of drug-likeness (QED) is 0.810. The summed E-state index contributed by atoms with van der Waals surface area (Å²) in [6.45, 7) is 2.76. The van der Waals surface area contributed by atoms with Crippen LogP contribution >= 0.6 is 0 Å². The molecule has 1 aromatic heterocycles. The van der Waals surface area contributed by atoms with Crippen LogP contribution in [0.5, 0.6) is 0 Å². The van der Waals surface area contributed by atoms with Crippen LogP contribution in [0.4, 0.5) is 11.4 Å². The van der Waals surface area contributed by atoms with E-state index in [4.69, 9.17) is 0 Å². The molecule has 0 radical (unpaired) electrons. The molecule has 1 aliphatic rings. The molecule has 1 aromatic carbocycles. The Bertz CT molecular complexity index is 915. The first-order chi connectivity index (χ1) is 11.9. The fourth-order valence-corrected chi connectivity index (χ4v) is 3.20. The Balaban J connectivity index is 1.98. The molecule has 0 fully saturated rings. The maximum Gasteiger partial charge on any atom is 0.331 e. The molecule has 0 aliphatic carbocycles. The first-order valence-electron chi connectivity index (χ1n) is 8.29. The lowest BCUT2D eigenvalue weighted by Gasteiger charge is -2.29. The zero-order valence-corrected chi connectivity index (χ0v) is 14.7. The van der Waals surface area contributed by atoms with Gasteiger partial charge in [-0.05, 0) is 25.5 Å². The van der Waals surface area contributed by atoms with Crippen molar-refractivity contribution in [3.05, 3.63) is 57.4 Å². The highest BCUT2D eigenvalue weighted by atomic mass is 16.2. The second-order valence-electron chi connectivity index (χ2n) is 6.44. The van der Waals surface area contributed by atoms with E-state index >= 15 is 0 Å². The predicted molar refractivity (Wildman–Crippen MR) is 97.2 cm³/mol. The van der Waals surface area contributed by atoms with Gasteiger partial charge in [-0.25, -0.2) is 4.79 Å². The molecule has 1 aliphatic heterocycles. The van der Waals surface area contributed by atoms with Gasteiger partial charge < -0.3 is 9.80 Å². The number of hydrogen-bond acceptors (Lipinski definition) is 4. The minimum atomic E-state index is -0.492. The summed E-state index contributed by atoms with van der Waals surface area (Å²) in [6, 6.07) is 9.08. The van der Waals surface area contributed by atoms with Crippen molar-refractivity contribution < 1.29 is 4.79 Å². The number of carbonyl (C=O) groups excluding carboxylic acids is 1. The van der Waals surface area contributed by atoms with Gasteiger partial charge >= 0.3 is 5.69 Å². The number of para-hydroxylation sites is 2. The van der Waals surface area contributed by atoms with Crippen molar-refractivity contribution in [1.29, 1.82) is 0 Å². The molecule has 132 valence electrons. The molecule has 7 heteroatoms. The van der Waals surface area contributed by atoms with Gasteiger partial charge in [-0.15, -0.1) is 0 Å². The van der Waals surface area contributed by atoms with E-state index in [1.807, 2.05) is 38.2 Å². The van der Waals surface area contributed by atoms with Crippen LogP contribution in [-0.2, 0) is 18.4 Å². The van der Waals surface area contributed by atoms with Crippen LogP contribution in [0.3, 0.4) is 0 Å². The van der Waals surface area contributed by atoms with Crippen LogP contribution in [0.2, 0.25) is 0 Å². The number of carbonyl (C=O) groups is 1. The lowest BCUT2D eigenvalue weighted by atomic mass is 10.1. The summed E-state index contributed by atoms with van der Waals surface area (Å²) in [6.07, 6.45) is 2.21. The van der Waals surface area contributed by atoms with Crippen molar-refractivity contribution in [2.45, 2.75) is 25.9 Å². The molecule has 0 saturated carbocycles. The maximum atomic E-state index is 13.0. The lowest BCUT2D eigenvalue weighted by molar-refractivity contribution is -0.119. The van der Waals surface area contributed by atoms with Crippen molar-refractivity contribution in [2.75, 3.05) is 23.4 Å². The zero-order chi connectivity index (χ0) is 18.1. The lowest BCUT2D eigenvalue weighted by Crippen LogP contribution is -2.44. The zero-order valence-electron chi connectivity index (χ0n) is 14.7. The van der Waals surface area contributed by atoms with Crippen LogP contribution in [0.15, 0.2) is 46.1 Å². The Labute approximate surface area is 145 Å².